The van der Waals surface area contributed by atoms with E-state index in [1.807, 2.05) is 0 Å². The highest BCUT2D eigenvalue weighted by Crippen LogP contribution is 2.26. The van der Waals surface area contributed by atoms with Gasteiger partial charge in [0.15, 0.2) is 11.6 Å². The van der Waals surface area contributed by atoms with Crippen LogP contribution >= 0.6 is 0 Å². The number of nitrogens with one attached hydrogen (secondary N) is 1. The second kappa shape index (κ2) is 7.18. The summed E-state index contributed by atoms with van der Waals surface area (Å²) in [4.78, 5) is 27.4. The van der Waals surface area contributed by atoms with Gasteiger partial charge in [-0.25, -0.2) is 18.0 Å². The van der Waals surface area contributed by atoms with Crippen LogP contribution in [0.1, 0.15) is 15.9 Å². The molecule has 1 N–H and O–H groups in total. The highest BCUT2D eigenvalue weighted by atomic mass is 19.2. The van der Waals surface area contributed by atoms with Crippen molar-refractivity contribution in [2.45, 2.75) is 6.42 Å². The zero-order chi connectivity index (χ0) is 19.8. The first kappa shape index (κ1) is 18.3. The zero-order valence-electron chi connectivity index (χ0n) is 14.9. The largest absolute Gasteiger partial charge is 0.338 e. The van der Waals surface area contributed by atoms with E-state index < -0.39 is 23.4 Å². The highest BCUT2D eigenvalue weighted by molar-refractivity contribution is 5.99. The zero-order valence-corrected chi connectivity index (χ0v) is 14.9. The second-order valence-electron chi connectivity index (χ2n) is 7.08. The number of amides is 3. The summed E-state index contributed by atoms with van der Waals surface area (Å²) >= 11 is 0. The fourth-order valence-corrected chi connectivity index (χ4v) is 3.60. The maximum absolute atomic E-state index is 14.2. The van der Waals surface area contributed by atoms with Crippen molar-refractivity contribution in [1.29, 1.82) is 0 Å². The molecule has 2 aliphatic rings. The van der Waals surface area contributed by atoms with Gasteiger partial charge in [-0.3, -0.25) is 9.69 Å². The van der Waals surface area contributed by atoms with Gasteiger partial charge in [0.2, 0.25) is 0 Å². The average molecular weight is 389 g/mol. The Morgan fingerprint density at radius 1 is 1.04 bits per heavy atom. The van der Waals surface area contributed by atoms with E-state index in [0.717, 1.165) is 12.1 Å². The van der Waals surface area contributed by atoms with Crippen LogP contribution in [0.15, 0.2) is 36.4 Å². The third-order valence-electron chi connectivity index (χ3n) is 5.10. The van der Waals surface area contributed by atoms with Crippen LogP contribution in [0.5, 0.6) is 0 Å². The van der Waals surface area contributed by atoms with Gasteiger partial charge in [0.1, 0.15) is 5.82 Å². The molecule has 5 nitrogen and oxygen atoms in total. The number of likely N-dealkylation sites (tertiary alicyclic amines) is 1. The Labute approximate surface area is 159 Å². The lowest BCUT2D eigenvalue weighted by Crippen LogP contribution is -2.51. The number of nitrogens with zero attached hydrogens (tertiary/aromatic N) is 2. The van der Waals surface area contributed by atoms with Crippen molar-refractivity contribution in [2.24, 2.45) is 5.92 Å². The number of hydrogen-bond donors (Lipinski definition) is 1. The van der Waals surface area contributed by atoms with Gasteiger partial charge in [0.05, 0.1) is 5.56 Å². The SMILES string of the molecule is O=C(c1cc(N2CCNC2=O)ccc1F)N1CC(Cc2ccc(F)c(F)c2)C1. The van der Waals surface area contributed by atoms with E-state index in [0.29, 0.717) is 43.9 Å². The fraction of sp³-hybridized carbons (Fsp3) is 0.300. The number of rotatable bonds is 4. The molecule has 4 rings (SSSR count). The number of benzene rings is 2. The van der Waals surface area contributed by atoms with Gasteiger partial charge < -0.3 is 10.2 Å². The molecule has 2 fully saturated rings. The Balaban J connectivity index is 1.41. The van der Waals surface area contributed by atoms with Crippen molar-refractivity contribution < 1.29 is 22.8 Å². The number of urea groups is 1. The molecule has 0 radical (unpaired) electrons. The van der Waals surface area contributed by atoms with E-state index in [-0.39, 0.29) is 17.5 Å². The molecule has 2 aromatic carbocycles. The highest BCUT2D eigenvalue weighted by Gasteiger charge is 2.33. The molecule has 8 heteroatoms. The minimum atomic E-state index is -0.894. The Hall–Kier alpha value is -3.03. The van der Waals surface area contributed by atoms with Crippen LogP contribution in [-0.4, -0.2) is 43.0 Å². The maximum Gasteiger partial charge on any atom is 0.321 e. The Morgan fingerprint density at radius 2 is 1.79 bits per heavy atom. The lowest BCUT2D eigenvalue weighted by Gasteiger charge is -2.39. The first-order chi connectivity index (χ1) is 13.4. The molecule has 2 aromatic rings. The molecule has 0 aromatic heterocycles. The second-order valence-corrected chi connectivity index (χ2v) is 7.08. The number of halogens is 3. The van der Waals surface area contributed by atoms with Crippen LogP contribution in [0.25, 0.3) is 0 Å². The van der Waals surface area contributed by atoms with Crippen LogP contribution in [0.3, 0.4) is 0 Å². The molecule has 2 heterocycles. The number of carbonyl (C=O) groups excluding carboxylic acids is 2. The first-order valence-electron chi connectivity index (χ1n) is 9.00. The molecule has 0 spiro atoms. The molecule has 2 saturated heterocycles. The number of anilines is 1. The summed E-state index contributed by atoms with van der Waals surface area (Å²) in [5, 5.41) is 2.66. The van der Waals surface area contributed by atoms with Gasteiger partial charge in [-0.05, 0) is 48.2 Å². The summed E-state index contributed by atoms with van der Waals surface area (Å²) in [5.74, 6) is -2.77. The third-order valence-corrected chi connectivity index (χ3v) is 5.10. The molecule has 0 unspecified atom stereocenters. The molecular formula is C20H18F3N3O2. The molecule has 146 valence electrons. The van der Waals surface area contributed by atoms with Crippen molar-refractivity contribution in [2.75, 3.05) is 31.1 Å². The molecule has 2 aliphatic heterocycles. The van der Waals surface area contributed by atoms with Gasteiger partial charge >= 0.3 is 6.03 Å². The van der Waals surface area contributed by atoms with Crippen molar-refractivity contribution in [3.63, 3.8) is 0 Å². The Bertz CT molecular complexity index is 944. The quantitative estimate of drug-likeness (QED) is 0.874. The van der Waals surface area contributed by atoms with Crippen LogP contribution in [0, 0.1) is 23.4 Å². The monoisotopic (exact) mass is 389 g/mol. The maximum atomic E-state index is 14.2. The van der Waals surface area contributed by atoms with E-state index in [9.17, 15) is 22.8 Å². The van der Waals surface area contributed by atoms with Crippen LogP contribution in [0.2, 0.25) is 0 Å². The van der Waals surface area contributed by atoms with E-state index in [1.54, 1.807) is 0 Å². The summed E-state index contributed by atoms with van der Waals surface area (Å²) in [6.45, 7) is 1.77. The van der Waals surface area contributed by atoms with Crippen molar-refractivity contribution in [1.82, 2.24) is 10.2 Å². The van der Waals surface area contributed by atoms with Gasteiger partial charge in [0.25, 0.3) is 5.91 Å². The summed E-state index contributed by atoms with van der Waals surface area (Å²) in [5.41, 5.74) is 1.05. The van der Waals surface area contributed by atoms with E-state index in [1.165, 1.54) is 34.1 Å². The Kier molecular flexibility index (Phi) is 4.70. The Morgan fingerprint density at radius 3 is 2.46 bits per heavy atom. The standard InChI is InChI=1S/C20H18F3N3O2/c21-16-4-2-14(26-6-5-24-20(26)28)9-15(16)19(27)25-10-13(11-25)7-12-1-3-17(22)18(23)8-12/h1-4,8-9,13H,5-7,10-11H2,(H,24,28). The van der Waals surface area contributed by atoms with Crippen LogP contribution in [0.4, 0.5) is 23.7 Å². The summed E-state index contributed by atoms with van der Waals surface area (Å²) in [6, 6.07) is 7.54. The predicted molar refractivity (Wildman–Crippen MR) is 96.6 cm³/mol. The van der Waals surface area contributed by atoms with Gasteiger partial charge in [-0.15, -0.1) is 0 Å². The smallest absolute Gasteiger partial charge is 0.321 e. The van der Waals surface area contributed by atoms with E-state index >= 15 is 0 Å². The molecule has 0 atom stereocenters. The minimum Gasteiger partial charge on any atom is -0.338 e. The summed E-state index contributed by atoms with van der Waals surface area (Å²) in [7, 11) is 0. The average Bonchev–Trinajstić information content (AvgIpc) is 3.06. The summed E-state index contributed by atoms with van der Waals surface area (Å²) in [6.07, 6.45) is 0.511. The molecule has 0 saturated carbocycles. The van der Waals surface area contributed by atoms with Gasteiger partial charge in [-0.1, -0.05) is 6.07 Å². The molecule has 0 bridgehead atoms. The molecule has 28 heavy (non-hydrogen) atoms. The number of carbonyl (C=O) groups is 2. The summed E-state index contributed by atoms with van der Waals surface area (Å²) < 4.78 is 40.5. The normalized spacial score (nSPS) is 16.9. The molecule has 0 aliphatic carbocycles. The minimum absolute atomic E-state index is 0.0801. The lowest BCUT2D eigenvalue weighted by atomic mass is 9.91. The van der Waals surface area contributed by atoms with Gasteiger partial charge in [0, 0.05) is 31.9 Å². The lowest BCUT2D eigenvalue weighted by molar-refractivity contribution is 0.0496. The number of hydrogen-bond acceptors (Lipinski definition) is 2. The van der Waals surface area contributed by atoms with E-state index in [2.05, 4.69) is 5.32 Å². The topological polar surface area (TPSA) is 52.7 Å². The molecule has 3 amide bonds. The van der Waals surface area contributed by atoms with Crippen molar-refractivity contribution in [3.8, 4) is 0 Å². The fourth-order valence-electron chi connectivity index (χ4n) is 3.60. The predicted octanol–water partition coefficient (Wildman–Crippen LogP) is 2.95. The van der Waals surface area contributed by atoms with Crippen LogP contribution < -0.4 is 10.2 Å². The molecular weight excluding hydrogens is 371 g/mol. The van der Waals surface area contributed by atoms with Crippen molar-refractivity contribution in [3.05, 3.63) is 65.0 Å². The van der Waals surface area contributed by atoms with E-state index in [4.69, 9.17) is 0 Å². The third kappa shape index (κ3) is 3.42. The van der Waals surface area contributed by atoms with Crippen LogP contribution in [-0.2, 0) is 6.42 Å². The van der Waals surface area contributed by atoms with Gasteiger partial charge in [-0.2, -0.15) is 0 Å². The van der Waals surface area contributed by atoms with Crippen molar-refractivity contribution >= 4 is 17.6 Å². The first-order valence-corrected chi connectivity index (χ1v) is 9.00.